The normalized spacial score (nSPS) is 21.6. The Morgan fingerprint density at radius 1 is 0.566 bits per heavy atom. The van der Waals surface area contributed by atoms with E-state index in [2.05, 4.69) is 33.2 Å². The molecule has 0 radical (unpaired) electrons. The largest absolute Gasteiger partial charge is 0.493 e. The van der Waals surface area contributed by atoms with Gasteiger partial charge in [0.25, 0.3) is 11.8 Å². The zero-order chi connectivity index (χ0) is 100. The predicted molar refractivity (Wildman–Crippen MR) is 476 cm³/mol. The first-order valence-corrected chi connectivity index (χ1v) is 43.7. The first kappa shape index (κ1) is 106. The molecule has 0 bridgehead atoms. The number of halogens is 3. The molecule has 2 aliphatic heterocycles. The van der Waals surface area contributed by atoms with Gasteiger partial charge in [-0.3, -0.25) is 91.1 Å². The fraction of sp³-hybridized carbons (Fsp3) is 0.511. The minimum absolute atomic E-state index is 0.000368. The van der Waals surface area contributed by atoms with Gasteiger partial charge in [0.05, 0.1) is 103 Å². The highest BCUT2D eigenvalue weighted by molar-refractivity contribution is 6.28. The van der Waals surface area contributed by atoms with E-state index in [9.17, 15) is 101 Å². The molecule has 9 rings (SSSR count). The van der Waals surface area contributed by atoms with Crippen LogP contribution >= 0.6 is 0 Å². The van der Waals surface area contributed by atoms with Crippen LogP contribution in [0.25, 0.3) is 0 Å². The number of likely N-dealkylation sites (N-methyl/N-ethyl adjacent to an activating group) is 10. The van der Waals surface area contributed by atoms with E-state index in [-0.39, 0.29) is 80.5 Å². The predicted octanol–water partition coefficient (Wildman–Crippen LogP) is -1.48. The molecule has 0 spiro atoms. The number of fused-ring (bicyclic) bond motifs is 7. The van der Waals surface area contributed by atoms with Crippen LogP contribution in [0.1, 0.15) is 75.4 Å². The minimum atomic E-state index is -2.39. The smallest absolute Gasteiger partial charge is 0.323 e. The van der Waals surface area contributed by atoms with E-state index in [4.69, 9.17) is 24.1 Å². The number of Topliss-reactive ketones (excluding diaryl/α,β-unsaturated/α-hetero) is 1. The summed E-state index contributed by atoms with van der Waals surface area (Å²) >= 11 is 0. The number of carbonyl (C=O) groups is 19. The van der Waals surface area contributed by atoms with E-state index >= 15 is 8.78 Å². The summed E-state index contributed by atoms with van der Waals surface area (Å²) in [4.78, 5) is 260. The fourth-order valence-electron chi connectivity index (χ4n) is 17.4. The second kappa shape index (κ2) is 46.1. The summed E-state index contributed by atoms with van der Waals surface area (Å²) < 4.78 is 74.2. The molecule has 11 atom stereocenters. The van der Waals surface area contributed by atoms with Gasteiger partial charge in [-0.05, 0) is 85.4 Å². The maximum Gasteiger partial charge on any atom is 0.323 e. The van der Waals surface area contributed by atoms with Crippen LogP contribution in [0.15, 0.2) is 121 Å². The van der Waals surface area contributed by atoms with Gasteiger partial charge in [-0.2, -0.15) is 0 Å². The molecule has 6 aliphatic rings. The lowest BCUT2D eigenvalue weighted by molar-refractivity contribution is -0.235. The van der Waals surface area contributed by atoms with Crippen molar-refractivity contribution in [3.8, 4) is 5.75 Å². The average Bonchev–Trinajstić information content (AvgIpc) is 1.45. The van der Waals surface area contributed by atoms with Crippen LogP contribution in [0.3, 0.4) is 0 Å². The van der Waals surface area contributed by atoms with Crippen LogP contribution in [-0.2, 0) is 118 Å². The average molecular weight is 1900 g/mol. The number of nitrogens with zero attached hydrogens (tertiary/aromatic N) is 11. The number of amides is 17. The Morgan fingerprint density at radius 2 is 1.05 bits per heavy atom. The highest BCUT2D eigenvalue weighted by atomic mass is 19.1. The second-order valence-corrected chi connectivity index (χ2v) is 35.2. The lowest BCUT2D eigenvalue weighted by atomic mass is 9.44. The third-order valence-corrected chi connectivity index (χ3v) is 25.4. The summed E-state index contributed by atoms with van der Waals surface area (Å²) in [6, 6.07) is 16.9. The van der Waals surface area contributed by atoms with Crippen molar-refractivity contribution in [1.82, 2.24) is 75.6 Å². The van der Waals surface area contributed by atoms with Crippen molar-refractivity contribution < 1.29 is 133 Å². The van der Waals surface area contributed by atoms with Gasteiger partial charge in [0.2, 0.25) is 88.6 Å². The standard InChI is InChI=1S/C92H117F3N16O25/c1-55-30-31-89(2)63(33-55)64(94)37-62-61-38-69-92(90(61,3)39-67(112)91(62,89)95,136-88(135-69)58-21-17-22-59(93)35-58)68(113)53-133-54-99-72(116)41-98-87(132)65(34-56-19-15-14-16-20-56)100-73(117)42-97-71(115)40-96-70(114)27-25-57-24-26-60(111-75(119)28-29-76(111)120)36-66(57)134-32-18-23-74(118)101(4)43-77(121)102(5)44-78(122)103(6)45-79(123)104(7)46-80(124)105(8)47-81(125)106(9)48-82(126)107(10)49-83(127)108(11)50-84(128)109(12)51-85(129)110(13)52-86(130)131/h14-17,19-22,24,26,28-31,33,35-36,61-62,64-65,67,69,88,112H,1,18,23,25,27,32,34,37-54H2,2-13H3,(H,96,114)(H,97,115)(H,98,132)(H,99,116)(H,100,117)(H,130,131)/t61-,62-,64-,65-,67-,69+,88+,89-,90-,91-,92+/m0/s1. The van der Waals surface area contributed by atoms with Crippen LogP contribution in [-0.4, -0.2) is 383 Å². The summed E-state index contributed by atoms with van der Waals surface area (Å²) in [5.41, 5.74) is -5.36. The summed E-state index contributed by atoms with van der Waals surface area (Å²) in [6.07, 6.45) is -0.112. The quantitative estimate of drug-likeness (QED) is 0.0193. The summed E-state index contributed by atoms with van der Waals surface area (Å²) in [6.45, 7) is -1.45. The number of benzene rings is 3. The van der Waals surface area contributed by atoms with E-state index in [0.29, 0.717) is 16.7 Å². The van der Waals surface area contributed by atoms with Crippen LogP contribution < -0.4 is 36.2 Å². The van der Waals surface area contributed by atoms with E-state index in [1.165, 1.54) is 119 Å². The molecule has 3 aromatic carbocycles. The molecule has 44 heteroatoms. The number of carboxylic acids is 1. The number of allylic oxidation sites excluding steroid dienone is 5. The lowest BCUT2D eigenvalue weighted by Crippen LogP contribution is -2.70. The molecule has 736 valence electrons. The Bertz CT molecular complexity index is 5220. The van der Waals surface area contributed by atoms with E-state index in [1.54, 1.807) is 56.3 Å². The summed E-state index contributed by atoms with van der Waals surface area (Å²) in [5, 5.41) is 33.3. The minimum Gasteiger partial charge on any atom is -0.493 e. The van der Waals surface area contributed by atoms with Crippen molar-refractivity contribution in [2.45, 2.75) is 107 Å². The highest BCUT2D eigenvalue weighted by Crippen LogP contribution is 2.73. The maximum atomic E-state index is 18.2. The Labute approximate surface area is 782 Å². The number of aliphatic hydroxyl groups excluding tert-OH is 1. The Hall–Kier alpha value is -13.6. The van der Waals surface area contributed by atoms with Crippen molar-refractivity contribution in [2.75, 3.05) is 180 Å². The Morgan fingerprint density at radius 3 is 1.57 bits per heavy atom. The highest BCUT2D eigenvalue weighted by Gasteiger charge is 2.80. The molecule has 0 unspecified atom stereocenters. The number of aliphatic hydroxyl groups is 1. The monoisotopic (exact) mass is 1900 g/mol. The molecule has 2 heterocycles. The molecule has 17 amide bonds. The number of rotatable bonds is 45. The van der Waals surface area contributed by atoms with E-state index in [1.807, 2.05) is 0 Å². The molecule has 4 aliphatic carbocycles. The van der Waals surface area contributed by atoms with Gasteiger partial charge in [-0.25, -0.2) is 18.1 Å². The third kappa shape index (κ3) is 25.7. The zero-order valence-electron chi connectivity index (χ0n) is 77.9. The number of aryl methyl sites for hydroxylation is 1. The van der Waals surface area contributed by atoms with E-state index < -0.39 is 281 Å². The van der Waals surface area contributed by atoms with Gasteiger partial charge in [-0.15, -0.1) is 0 Å². The van der Waals surface area contributed by atoms with Gasteiger partial charge in [0.1, 0.15) is 43.7 Å². The number of anilines is 1. The molecule has 7 N–H and O–H groups in total. The van der Waals surface area contributed by atoms with Crippen molar-refractivity contribution in [2.24, 2.45) is 22.7 Å². The van der Waals surface area contributed by atoms with Gasteiger partial charge in [0.15, 0.2) is 23.3 Å². The first-order chi connectivity index (χ1) is 64.0. The van der Waals surface area contributed by atoms with Crippen LogP contribution in [0.5, 0.6) is 5.75 Å². The van der Waals surface area contributed by atoms with Gasteiger partial charge in [0, 0.05) is 130 Å². The van der Waals surface area contributed by atoms with E-state index in [0.717, 1.165) is 66.1 Å². The number of carboxylic acid groups (broad SMARTS) is 1. The van der Waals surface area contributed by atoms with Crippen LogP contribution in [0, 0.1) is 28.5 Å². The number of hydrogen-bond donors (Lipinski definition) is 7. The Kier molecular flexibility index (Phi) is 35.9. The van der Waals surface area contributed by atoms with Crippen molar-refractivity contribution in [1.29, 1.82) is 0 Å². The SMILES string of the molecule is C=C1C=C[C@@]2(C)C(=C1)[C@@H](F)C[C@H]1[C@@H]3C[C@H]4O[C@@H](c5cccc(F)c5)O[C@@]4(C(=O)COCNC(=O)CNC(=O)[C@H](Cc4ccccc4)NC(=O)CNC(=O)CNC(=O)CCc4ccc(N5C(=O)C=CC5=O)cc4OCCCC(=O)N(C)CC(=O)N(C)CC(=O)N(C)CC(=O)N(C)CC(=O)N(C)CC(=O)N(C)CC(=O)N(C)CC(=O)N(C)CC(=O)N(C)CC(=O)N(C)CC(=O)O)[C@@]3(C)C[C@H](O)[C@@]12F. The van der Waals surface area contributed by atoms with Crippen LogP contribution in [0.4, 0.5) is 18.9 Å². The van der Waals surface area contributed by atoms with Crippen LogP contribution in [0.2, 0.25) is 0 Å². The molecule has 1 saturated heterocycles. The Balaban J connectivity index is 0.673. The van der Waals surface area contributed by atoms with Gasteiger partial charge >= 0.3 is 5.97 Å². The zero-order valence-corrected chi connectivity index (χ0v) is 77.9. The topological polar surface area (TPSA) is 498 Å². The molecule has 3 aromatic rings. The number of nitrogens with one attached hydrogen (secondary N) is 5. The van der Waals surface area contributed by atoms with Crippen molar-refractivity contribution in [3.05, 3.63) is 143 Å². The molecule has 4 fully saturated rings. The number of hydrogen-bond acceptors (Lipinski definition) is 24. The second-order valence-electron chi connectivity index (χ2n) is 35.2. The number of ether oxygens (including phenoxy) is 4. The van der Waals surface area contributed by atoms with Crippen molar-refractivity contribution >= 4 is 118 Å². The first-order valence-electron chi connectivity index (χ1n) is 43.7. The fourth-order valence-corrected chi connectivity index (χ4v) is 17.4. The number of alkyl halides is 2. The number of ketones is 1. The molecular weight excluding hydrogens is 1790 g/mol. The molecule has 41 nitrogen and oxygen atoms in total. The molecular formula is C92H117F3N16O25. The summed E-state index contributed by atoms with van der Waals surface area (Å²) in [7, 11) is 12.9. The molecule has 3 saturated carbocycles. The molecule has 136 heavy (non-hydrogen) atoms. The number of carbonyl (C=O) groups excluding carboxylic acids is 18. The lowest BCUT2D eigenvalue weighted by Gasteiger charge is -2.63. The van der Waals surface area contributed by atoms with Gasteiger partial charge in [-0.1, -0.05) is 80.3 Å². The number of imide groups is 1. The summed E-state index contributed by atoms with van der Waals surface area (Å²) in [5.74, 6) is -16.2. The van der Waals surface area contributed by atoms with Crippen molar-refractivity contribution in [3.63, 3.8) is 0 Å². The maximum absolute atomic E-state index is 18.2. The third-order valence-electron chi connectivity index (χ3n) is 25.4. The molecule has 0 aromatic heterocycles. The van der Waals surface area contributed by atoms with Gasteiger partial charge < -0.3 is 105 Å². The number of aliphatic carboxylic acids is 1.